The number of phosphoric ester groups is 2. The molecule has 0 bridgehead atoms. The number of ether oxygens (including phenoxy) is 1. The minimum Gasteiger partial charge on any atom is -0.387 e. The number of hydrogen-bond acceptors (Lipinski definition) is 8. The molecule has 0 amide bonds. The molecule has 21 heavy (non-hydrogen) atoms. The fourth-order valence-corrected chi connectivity index (χ4v) is 2.17. The van der Waals surface area contributed by atoms with Gasteiger partial charge in [-0.25, -0.2) is 9.13 Å². The van der Waals surface area contributed by atoms with E-state index in [1.807, 2.05) is 0 Å². The average molecular weight is 399 g/mol. The number of aliphatic hydroxyl groups excluding tert-OH is 2. The SMILES string of the molecule is O=P(O)(O)OC[C@H]1O[C@](O)(COP(=O)(O)O)[C@@H](O)[C@@H]1O.[Ni]. The standard InChI is InChI=1S/C6H14O12P2.Ni/c7-4-3(1-16-19(10,11)12)18-6(9,5(4)8)2-17-20(13,14)15;/h3-5,7-9H,1-2H2,(H2,10,11,12)(H2,13,14,15);/t3-,4-,5+,6-;/m1./s1. The molecule has 0 saturated carbocycles. The normalized spacial score (nSPS) is 33.8. The van der Waals surface area contributed by atoms with Crippen LogP contribution in [0.15, 0.2) is 0 Å². The molecule has 1 heterocycles. The summed E-state index contributed by atoms with van der Waals surface area (Å²) in [6.45, 7) is -2.05. The molecule has 0 unspecified atom stereocenters. The first-order valence-corrected chi connectivity index (χ1v) is 8.07. The van der Waals surface area contributed by atoms with Gasteiger partial charge >= 0.3 is 15.6 Å². The average Bonchev–Trinajstić information content (AvgIpc) is 2.48. The van der Waals surface area contributed by atoms with Crippen molar-refractivity contribution in [2.45, 2.75) is 24.1 Å². The van der Waals surface area contributed by atoms with Crippen LogP contribution in [0.5, 0.6) is 0 Å². The summed E-state index contributed by atoms with van der Waals surface area (Å²) in [6, 6.07) is 0. The number of rotatable bonds is 6. The predicted molar refractivity (Wildman–Crippen MR) is 57.8 cm³/mol. The summed E-state index contributed by atoms with van der Waals surface area (Å²) >= 11 is 0. The van der Waals surface area contributed by atoms with Gasteiger partial charge in [-0.05, 0) is 0 Å². The molecule has 1 rings (SSSR count). The minimum absolute atomic E-state index is 0. The largest absolute Gasteiger partial charge is 0.469 e. The van der Waals surface area contributed by atoms with E-state index in [9.17, 15) is 24.4 Å². The van der Waals surface area contributed by atoms with E-state index in [4.69, 9.17) is 19.6 Å². The molecule has 130 valence electrons. The quantitative estimate of drug-likeness (QED) is 0.177. The van der Waals surface area contributed by atoms with Crippen LogP contribution in [0.1, 0.15) is 0 Å². The zero-order valence-corrected chi connectivity index (χ0v) is 12.8. The molecule has 1 fully saturated rings. The number of aliphatic hydroxyl groups is 3. The molecule has 0 aromatic rings. The zero-order valence-electron chi connectivity index (χ0n) is 10.0. The van der Waals surface area contributed by atoms with E-state index in [1.54, 1.807) is 0 Å². The van der Waals surface area contributed by atoms with Crippen LogP contribution in [0.3, 0.4) is 0 Å². The van der Waals surface area contributed by atoms with Crippen molar-refractivity contribution < 1.29 is 74.3 Å². The Morgan fingerprint density at radius 3 is 1.95 bits per heavy atom. The van der Waals surface area contributed by atoms with Gasteiger partial charge in [0.1, 0.15) is 24.9 Å². The third-order valence-corrected chi connectivity index (χ3v) is 3.32. The van der Waals surface area contributed by atoms with Crippen molar-refractivity contribution in [3.63, 3.8) is 0 Å². The summed E-state index contributed by atoms with van der Waals surface area (Å²) in [5, 5.41) is 28.8. The molecule has 1 aliphatic rings. The van der Waals surface area contributed by atoms with Gasteiger partial charge in [0.15, 0.2) is 0 Å². The van der Waals surface area contributed by atoms with Gasteiger partial charge < -0.3 is 39.6 Å². The molecule has 4 atom stereocenters. The van der Waals surface area contributed by atoms with Crippen molar-refractivity contribution in [1.29, 1.82) is 0 Å². The van der Waals surface area contributed by atoms with Crippen LogP contribution in [0, 0.1) is 0 Å². The smallest absolute Gasteiger partial charge is 0.387 e. The van der Waals surface area contributed by atoms with Gasteiger partial charge in [0, 0.05) is 16.5 Å². The Morgan fingerprint density at radius 1 is 1.05 bits per heavy atom. The van der Waals surface area contributed by atoms with E-state index in [-0.39, 0.29) is 16.5 Å². The Labute approximate surface area is 128 Å². The van der Waals surface area contributed by atoms with Crippen molar-refractivity contribution in [2.24, 2.45) is 0 Å². The van der Waals surface area contributed by atoms with Crippen LogP contribution < -0.4 is 0 Å². The van der Waals surface area contributed by atoms with Crippen LogP contribution >= 0.6 is 15.6 Å². The molecule has 1 saturated heterocycles. The maximum Gasteiger partial charge on any atom is 0.469 e. The molecule has 1 aliphatic heterocycles. The maximum atomic E-state index is 10.5. The Bertz CT molecular complexity index is 433. The van der Waals surface area contributed by atoms with Crippen LogP contribution in [-0.2, 0) is 39.4 Å². The van der Waals surface area contributed by atoms with E-state index >= 15 is 0 Å². The van der Waals surface area contributed by atoms with Gasteiger partial charge in [-0.1, -0.05) is 0 Å². The fraction of sp³-hybridized carbons (Fsp3) is 1.00. The topological polar surface area (TPSA) is 203 Å². The van der Waals surface area contributed by atoms with Gasteiger partial charge in [-0.15, -0.1) is 0 Å². The van der Waals surface area contributed by atoms with Crippen molar-refractivity contribution in [1.82, 2.24) is 0 Å². The first-order valence-electron chi connectivity index (χ1n) is 5.00. The molecule has 0 spiro atoms. The Balaban J connectivity index is 0.00000400. The third-order valence-electron chi connectivity index (χ3n) is 2.37. The van der Waals surface area contributed by atoms with E-state index in [0.717, 1.165) is 0 Å². The van der Waals surface area contributed by atoms with Crippen LogP contribution in [0.25, 0.3) is 0 Å². The number of phosphoric acid groups is 2. The van der Waals surface area contributed by atoms with Gasteiger partial charge in [0.2, 0.25) is 5.79 Å². The van der Waals surface area contributed by atoms with Gasteiger partial charge in [-0.3, -0.25) is 9.05 Å². The third kappa shape index (κ3) is 6.68. The van der Waals surface area contributed by atoms with Crippen molar-refractivity contribution in [3.8, 4) is 0 Å². The van der Waals surface area contributed by atoms with E-state index < -0.39 is 53.0 Å². The summed E-state index contributed by atoms with van der Waals surface area (Å²) in [5.41, 5.74) is 0. The van der Waals surface area contributed by atoms with Gasteiger partial charge in [0.05, 0.1) is 6.61 Å². The van der Waals surface area contributed by atoms with Crippen molar-refractivity contribution >= 4 is 15.6 Å². The second-order valence-electron chi connectivity index (χ2n) is 3.99. The van der Waals surface area contributed by atoms with E-state index in [2.05, 4.69) is 13.8 Å². The van der Waals surface area contributed by atoms with Gasteiger partial charge in [-0.2, -0.15) is 0 Å². The molecular formula is C6H14NiO12P2. The fourth-order valence-electron chi connectivity index (χ4n) is 1.47. The summed E-state index contributed by atoms with van der Waals surface area (Å²) in [4.78, 5) is 33.9. The van der Waals surface area contributed by atoms with Gasteiger partial charge in [0.25, 0.3) is 0 Å². The van der Waals surface area contributed by atoms with Crippen molar-refractivity contribution in [2.75, 3.05) is 13.2 Å². The molecule has 15 heteroatoms. The molecule has 0 aliphatic carbocycles. The minimum atomic E-state index is -4.96. The molecular weight excluding hydrogens is 385 g/mol. The molecule has 7 N–H and O–H groups in total. The second-order valence-corrected chi connectivity index (χ2v) is 6.47. The molecule has 0 radical (unpaired) electrons. The first kappa shape index (κ1) is 21.6. The Morgan fingerprint density at radius 2 is 1.52 bits per heavy atom. The molecule has 0 aromatic carbocycles. The predicted octanol–water partition coefficient (Wildman–Crippen LogP) is -2.99. The summed E-state index contributed by atoms with van der Waals surface area (Å²) in [7, 11) is -9.82. The summed E-state index contributed by atoms with van der Waals surface area (Å²) < 4.78 is 33.6. The first-order chi connectivity index (χ1) is 8.84. The van der Waals surface area contributed by atoms with E-state index in [1.165, 1.54) is 0 Å². The van der Waals surface area contributed by atoms with Crippen molar-refractivity contribution in [3.05, 3.63) is 0 Å². The van der Waals surface area contributed by atoms with Crippen LogP contribution in [0.2, 0.25) is 0 Å². The van der Waals surface area contributed by atoms with Crippen LogP contribution in [0.4, 0.5) is 0 Å². The number of hydrogen-bond donors (Lipinski definition) is 7. The zero-order chi connectivity index (χ0) is 15.8. The molecule has 0 aromatic heterocycles. The Hall–Kier alpha value is 0.554. The molecule has 12 nitrogen and oxygen atoms in total. The maximum absolute atomic E-state index is 10.5. The second kappa shape index (κ2) is 7.42. The summed E-state index contributed by atoms with van der Waals surface area (Å²) in [6.07, 6.45) is -5.38. The Kier molecular flexibility index (Phi) is 7.61. The monoisotopic (exact) mass is 398 g/mol. The summed E-state index contributed by atoms with van der Waals surface area (Å²) in [5.74, 6) is -2.66. The van der Waals surface area contributed by atoms with E-state index in [0.29, 0.717) is 0 Å². The van der Waals surface area contributed by atoms with Crippen LogP contribution in [-0.4, -0.2) is 72.2 Å².